The van der Waals surface area contributed by atoms with Gasteiger partial charge < -0.3 is 24.2 Å². The molecule has 166 valence electrons. The van der Waals surface area contributed by atoms with Crippen LogP contribution in [0.15, 0.2) is 60.7 Å². The third-order valence-electron chi connectivity index (χ3n) is 4.45. The number of benzene rings is 2. The highest BCUT2D eigenvalue weighted by Crippen LogP contribution is 2.21. The van der Waals surface area contributed by atoms with Crippen LogP contribution in [0.3, 0.4) is 0 Å². The van der Waals surface area contributed by atoms with Gasteiger partial charge in [-0.3, -0.25) is 0 Å². The van der Waals surface area contributed by atoms with Crippen LogP contribution in [0.25, 0.3) is 0 Å². The van der Waals surface area contributed by atoms with Crippen molar-refractivity contribution in [3.05, 3.63) is 71.8 Å². The lowest BCUT2D eigenvalue weighted by Gasteiger charge is -2.22. The van der Waals surface area contributed by atoms with Gasteiger partial charge in [0.25, 0.3) is 0 Å². The van der Waals surface area contributed by atoms with E-state index in [0.29, 0.717) is 6.54 Å². The predicted molar refractivity (Wildman–Crippen MR) is 118 cm³/mol. The van der Waals surface area contributed by atoms with E-state index in [4.69, 9.17) is 19.3 Å². The zero-order valence-electron chi connectivity index (χ0n) is 18.1. The molecule has 0 aliphatic heterocycles. The molecule has 7 heteroatoms. The summed E-state index contributed by atoms with van der Waals surface area (Å²) >= 11 is 0. The lowest BCUT2D eigenvalue weighted by Crippen LogP contribution is -2.34. The Bertz CT molecular complexity index is 876. The van der Waals surface area contributed by atoms with Crippen LogP contribution in [0.1, 0.15) is 11.1 Å². The van der Waals surface area contributed by atoms with E-state index in [0.717, 1.165) is 42.1 Å². The Morgan fingerprint density at radius 2 is 1.74 bits per heavy atom. The van der Waals surface area contributed by atoms with Crippen molar-refractivity contribution in [2.24, 2.45) is 0 Å². The molecule has 0 radical (unpaired) electrons. The number of carboxylic acids is 1. The number of esters is 1. The number of carbonyl (C=O) groups excluding carboxylic acids is 1. The number of aliphatic carboxylic acids is 1. The average molecular weight is 427 g/mol. The number of hydrogen-bond acceptors (Lipinski definition) is 6. The van der Waals surface area contributed by atoms with Gasteiger partial charge in [0.05, 0.1) is 7.11 Å². The number of methoxy groups -OCH3 is 1. The first-order chi connectivity index (χ1) is 14.9. The highest BCUT2D eigenvalue weighted by molar-refractivity contribution is 5.90. The molecule has 0 heterocycles. The summed E-state index contributed by atoms with van der Waals surface area (Å²) < 4.78 is 16.5. The minimum Gasteiger partial charge on any atom is -0.497 e. The molecule has 1 atom stereocenters. The molecule has 1 unspecified atom stereocenters. The predicted octanol–water partition coefficient (Wildman–Crippen LogP) is 2.97. The van der Waals surface area contributed by atoms with Crippen LogP contribution in [0, 0.1) is 0 Å². The van der Waals surface area contributed by atoms with E-state index < -0.39 is 18.0 Å². The maximum absolute atomic E-state index is 11.9. The zero-order valence-corrected chi connectivity index (χ0v) is 18.1. The Labute approximate surface area is 182 Å². The molecule has 2 aromatic carbocycles. The molecule has 0 amide bonds. The van der Waals surface area contributed by atoms with Gasteiger partial charge in [0.2, 0.25) is 0 Å². The molecule has 0 fully saturated rings. The average Bonchev–Trinajstić information content (AvgIpc) is 2.75. The summed E-state index contributed by atoms with van der Waals surface area (Å²) in [6.07, 6.45) is 2.75. The highest BCUT2D eigenvalue weighted by Gasteiger charge is 2.16. The van der Waals surface area contributed by atoms with Crippen molar-refractivity contribution >= 4 is 11.9 Å². The summed E-state index contributed by atoms with van der Waals surface area (Å²) in [5.41, 5.74) is 2.25. The molecular weight excluding hydrogens is 398 g/mol. The van der Waals surface area contributed by atoms with Gasteiger partial charge in [-0.25, -0.2) is 9.59 Å². The van der Waals surface area contributed by atoms with Gasteiger partial charge in [0.15, 0.2) is 0 Å². The van der Waals surface area contributed by atoms with Gasteiger partial charge in [0.1, 0.15) is 24.2 Å². The maximum Gasteiger partial charge on any atom is 0.331 e. The second-order valence-electron chi connectivity index (χ2n) is 7.26. The number of carboxylic acid groups (broad SMARTS) is 1. The number of para-hydroxylation sites is 1. The van der Waals surface area contributed by atoms with Crippen LogP contribution in [0.5, 0.6) is 11.5 Å². The van der Waals surface area contributed by atoms with Crippen molar-refractivity contribution in [3.63, 3.8) is 0 Å². The standard InChI is InChI=1S/C24H29NO6/c1-25(2)16-21(31-24(28)15-14-23(26)27)17-30-22-7-5-4-6-19(22)11-8-18-9-12-20(29-3)13-10-18/h4-7,9-10,12-15,21H,8,11,16-17H2,1-3H3,(H,26,27)/b15-14+. The van der Waals surface area contributed by atoms with Gasteiger partial charge in [-0.2, -0.15) is 0 Å². The Balaban J connectivity index is 1.99. The molecule has 0 spiro atoms. The molecule has 0 bridgehead atoms. The summed E-state index contributed by atoms with van der Waals surface area (Å²) in [6, 6.07) is 15.7. The van der Waals surface area contributed by atoms with Crippen LogP contribution >= 0.6 is 0 Å². The molecule has 7 nitrogen and oxygen atoms in total. The van der Waals surface area contributed by atoms with Crippen LogP contribution in [-0.2, 0) is 27.2 Å². The van der Waals surface area contributed by atoms with Crippen molar-refractivity contribution in [2.75, 3.05) is 34.4 Å². The summed E-state index contributed by atoms with van der Waals surface area (Å²) in [5.74, 6) is -0.363. The monoisotopic (exact) mass is 427 g/mol. The van der Waals surface area contributed by atoms with Gasteiger partial charge in [-0.15, -0.1) is 0 Å². The van der Waals surface area contributed by atoms with E-state index in [9.17, 15) is 9.59 Å². The number of aryl methyl sites for hydroxylation is 2. The Kier molecular flexibility index (Phi) is 9.58. The van der Waals surface area contributed by atoms with E-state index in [2.05, 4.69) is 0 Å². The first-order valence-corrected chi connectivity index (χ1v) is 9.97. The first kappa shape index (κ1) is 24.0. The molecule has 0 saturated carbocycles. The minimum absolute atomic E-state index is 0.157. The molecule has 0 aliphatic rings. The van der Waals surface area contributed by atoms with Crippen molar-refractivity contribution in [1.82, 2.24) is 4.90 Å². The van der Waals surface area contributed by atoms with Gasteiger partial charge in [0, 0.05) is 18.7 Å². The largest absolute Gasteiger partial charge is 0.497 e. The lowest BCUT2D eigenvalue weighted by molar-refractivity contribution is -0.145. The van der Waals surface area contributed by atoms with E-state index >= 15 is 0 Å². The van der Waals surface area contributed by atoms with E-state index in [1.807, 2.05) is 67.5 Å². The van der Waals surface area contributed by atoms with E-state index in [-0.39, 0.29) is 6.61 Å². The zero-order chi connectivity index (χ0) is 22.6. The SMILES string of the molecule is COc1ccc(CCc2ccccc2OCC(CN(C)C)OC(=O)/C=C/C(=O)O)cc1. The Morgan fingerprint density at radius 3 is 2.39 bits per heavy atom. The molecule has 1 N–H and O–H groups in total. The summed E-state index contributed by atoms with van der Waals surface area (Å²) in [7, 11) is 5.36. The summed E-state index contributed by atoms with van der Waals surface area (Å²) in [6.45, 7) is 0.602. The van der Waals surface area contributed by atoms with Crippen molar-refractivity contribution in [1.29, 1.82) is 0 Å². The van der Waals surface area contributed by atoms with Crippen LogP contribution in [0.2, 0.25) is 0 Å². The lowest BCUT2D eigenvalue weighted by atomic mass is 10.0. The van der Waals surface area contributed by atoms with Gasteiger partial charge in [-0.1, -0.05) is 30.3 Å². The van der Waals surface area contributed by atoms with E-state index in [1.165, 1.54) is 5.56 Å². The van der Waals surface area contributed by atoms with Gasteiger partial charge >= 0.3 is 11.9 Å². The highest BCUT2D eigenvalue weighted by atomic mass is 16.6. The molecule has 0 aliphatic carbocycles. The summed E-state index contributed by atoms with van der Waals surface area (Å²) in [4.78, 5) is 24.3. The number of carbonyl (C=O) groups is 2. The van der Waals surface area contributed by atoms with Gasteiger partial charge in [-0.05, 0) is 56.3 Å². The van der Waals surface area contributed by atoms with E-state index in [1.54, 1.807) is 7.11 Å². The van der Waals surface area contributed by atoms with Crippen molar-refractivity contribution in [2.45, 2.75) is 18.9 Å². The number of hydrogen-bond donors (Lipinski definition) is 1. The molecule has 0 saturated heterocycles. The quantitative estimate of drug-likeness (QED) is 0.412. The molecule has 31 heavy (non-hydrogen) atoms. The smallest absolute Gasteiger partial charge is 0.331 e. The van der Waals surface area contributed by atoms with Crippen molar-refractivity contribution < 1.29 is 28.9 Å². The topological polar surface area (TPSA) is 85.3 Å². The fourth-order valence-electron chi connectivity index (χ4n) is 2.98. The molecule has 2 aromatic rings. The Hall–Kier alpha value is -3.32. The van der Waals surface area contributed by atoms with Crippen LogP contribution in [-0.4, -0.2) is 62.4 Å². The third kappa shape index (κ3) is 8.92. The second kappa shape index (κ2) is 12.4. The second-order valence-corrected chi connectivity index (χ2v) is 7.26. The van der Waals surface area contributed by atoms with Crippen LogP contribution < -0.4 is 9.47 Å². The minimum atomic E-state index is -1.21. The first-order valence-electron chi connectivity index (χ1n) is 9.97. The fourth-order valence-corrected chi connectivity index (χ4v) is 2.98. The van der Waals surface area contributed by atoms with Crippen molar-refractivity contribution in [3.8, 4) is 11.5 Å². The number of likely N-dealkylation sites (N-methyl/N-ethyl adjacent to an activating group) is 1. The maximum atomic E-state index is 11.9. The summed E-state index contributed by atoms with van der Waals surface area (Å²) in [5, 5.41) is 8.65. The van der Waals surface area contributed by atoms with Crippen LogP contribution in [0.4, 0.5) is 0 Å². The Morgan fingerprint density at radius 1 is 1.03 bits per heavy atom. The molecule has 2 rings (SSSR count). The third-order valence-corrected chi connectivity index (χ3v) is 4.45. The molecule has 0 aromatic heterocycles. The fraction of sp³-hybridized carbons (Fsp3) is 0.333. The number of rotatable bonds is 12. The normalized spacial score (nSPS) is 12.0. The number of ether oxygens (including phenoxy) is 3. The molecular formula is C24H29NO6. The number of nitrogens with zero attached hydrogens (tertiary/aromatic N) is 1.